The smallest absolute Gasteiger partial charge is 0.176 e. The topological polar surface area (TPSA) is 49.3 Å². The van der Waals surface area contributed by atoms with Gasteiger partial charge in [0.2, 0.25) is 0 Å². The average molecular weight is 233 g/mol. The van der Waals surface area contributed by atoms with Crippen LogP contribution in [-0.4, -0.2) is 30.1 Å². The molecule has 1 aliphatic carbocycles. The van der Waals surface area contributed by atoms with Crippen molar-refractivity contribution < 1.29 is 9.90 Å². The first-order chi connectivity index (χ1) is 8.29. The third kappa shape index (κ3) is 3.38. The van der Waals surface area contributed by atoms with E-state index in [-0.39, 0.29) is 12.4 Å². The van der Waals surface area contributed by atoms with Crippen LogP contribution in [-0.2, 0) is 0 Å². The summed E-state index contributed by atoms with van der Waals surface area (Å²) in [6.07, 6.45) is 3.11. The molecular weight excluding hydrogens is 214 g/mol. The molecule has 0 spiro atoms. The van der Waals surface area contributed by atoms with Crippen LogP contribution in [0.2, 0.25) is 0 Å². The molecule has 0 radical (unpaired) electrons. The summed E-state index contributed by atoms with van der Waals surface area (Å²) in [7, 11) is 0. The number of hydrogen-bond acceptors (Lipinski definition) is 3. The van der Waals surface area contributed by atoms with Gasteiger partial charge in [-0.2, -0.15) is 0 Å². The summed E-state index contributed by atoms with van der Waals surface area (Å²) in [5.41, 5.74) is 0.761. The van der Waals surface area contributed by atoms with E-state index in [1.807, 2.05) is 30.3 Å². The number of carbonyl (C=O) groups excluding carboxylic acids is 1. The predicted molar refractivity (Wildman–Crippen MR) is 67.0 cm³/mol. The van der Waals surface area contributed by atoms with Crippen molar-refractivity contribution in [3.05, 3.63) is 35.9 Å². The Labute approximate surface area is 102 Å². The fourth-order valence-corrected chi connectivity index (χ4v) is 2.39. The Bertz CT molecular complexity index is 364. The van der Waals surface area contributed by atoms with Crippen molar-refractivity contribution >= 4 is 5.78 Å². The van der Waals surface area contributed by atoms with Gasteiger partial charge in [0, 0.05) is 18.2 Å². The van der Waals surface area contributed by atoms with Crippen molar-refractivity contribution in [1.82, 2.24) is 5.32 Å². The van der Waals surface area contributed by atoms with Crippen molar-refractivity contribution in [3.63, 3.8) is 0 Å². The fraction of sp³-hybridized carbons (Fsp3) is 0.500. The molecule has 2 N–H and O–H groups in total. The lowest BCUT2D eigenvalue weighted by molar-refractivity contribution is 0.0987. The first-order valence-corrected chi connectivity index (χ1v) is 6.22. The Balaban J connectivity index is 1.78. The molecular formula is C14H19NO2. The van der Waals surface area contributed by atoms with Gasteiger partial charge in [-0.25, -0.2) is 0 Å². The second-order valence-electron chi connectivity index (χ2n) is 4.73. The van der Waals surface area contributed by atoms with Crippen LogP contribution in [0.5, 0.6) is 0 Å². The van der Waals surface area contributed by atoms with Gasteiger partial charge in [0.05, 0.1) is 6.54 Å². The summed E-state index contributed by atoms with van der Waals surface area (Å²) in [4.78, 5) is 11.8. The summed E-state index contributed by atoms with van der Waals surface area (Å²) in [6.45, 7) is 0.664. The van der Waals surface area contributed by atoms with E-state index < -0.39 is 0 Å². The van der Waals surface area contributed by atoms with Crippen LogP contribution < -0.4 is 5.32 Å². The second kappa shape index (κ2) is 5.94. The Kier molecular flexibility index (Phi) is 4.29. The van der Waals surface area contributed by atoms with Crippen molar-refractivity contribution in [2.75, 3.05) is 13.2 Å². The van der Waals surface area contributed by atoms with Crippen molar-refractivity contribution in [3.8, 4) is 0 Å². The van der Waals surface area contributed by atoms with Gasteiger partial charge in [0.15, 0.2) is 5.78 Å². The molecule has 2 atom stereocenters. The third-order valence-corrected chi connectivity index (χ3v) is 3.45. The van der Waals surface area contributed by atoms with E-state index in [0.29, 0.717) is 18.5 Å². The van der Waals surface area contributed by atoms with Crippen LogP contribution in [0.25, 0.3) is 0 Å². The van der Waals surface area contributed by atoms with Gasteiger partial charge in [-0.3, -0.25) is 4.79 Å². The Morgan fingerprint density at radius 2 is 2.06 bits per heavy atom. The third-order valence-electron chi connectivity index (χ3n) is 3.45. The van der Waals surface area contributed by atoms with E-state index in [0.717, 1.165) is 24.8 Å². The summed E-state index contributed by atoms with van der Waals surface area (Å²) < 4.78 is 0. The summed E-state index contributed by atoms with van der Waals surface area (Å²) in [5, 5.41) is 12.3. The van der Waals surface area contributed by atoms with Crippen molar-refractivity contribution in [2.24, 2.45) is 5.92 Å². The molecule has 1 fully saturated rings. The van der Waals surface area contributed by atoms with Crippen LogP contribution >= 0.6 is 0 Å². The SMILES string of the molecule is O=C(CN[C@H]1CC[C@H](CO)C1)c1ccccc1. The Hall–Kier alpha value is -1.19. The number of nitrogens with one attached hydrogen (secondary N) is 1. The van der Waals surface area contributed by atoms with Gasteiger partial charge in [-0.05, 0) is 25.2 Å². The molecule has 0 unspecified atom stereocenters. The van der Waals surface area contributed by atoms with E-state index >= 15 is 0 Å². The van der Waals surface area contributed by atoms with Crippen LogP contribution in [0, 0.1) is 5.92 Å². The normalized spacial score (nSPS) is 23.8. The van der Waals surface area contributed by atoms with E-state index in [1.165, 1.54) is 0 Å². The quantitative estimate of drug-likeness (QED) is 0.760. The maximum absolute atomic E-state index is 11.8. The molecule has 3 nitrogen and oxygen atoms in total. The number of aliphatic hydroxyl groups excluding tert-OH is 1. The molecule has 92 valence electrons. The van der Waals surface area contributed by atoms with Gasteiger partial charge in [0.1, 0.15) is 0 Å². The lowest BCUT2D eigenvalue weighted by Gasteiger charge is -2.11. The van der Waals surface area contributed by atoms with Gasteiger partial charge in [0.25, 0.3) is 0 Å². The number of hydrogen-bond donors (Lipinski definition) is 2. The maximum Gasteiger partial charge on any atom is 0.176 e. The van der Waals surface area contributed by atoms with Crippen LogP contribution in [0.4, 0.5) is 0 Å². The van der Waals surface area contributed by atoms with E-state index in [4.69, 9.17) is 5.11 Å². The standard InChI is InChI=1S/C14H19NO2/c16-10-11-6-7-13(8-11)15-9-14(17)12-4-2-1-3-5-12/h1-5,11,13,15-16H,6-10H2/t11-,13-/m0/s1. The van der Waals surface area contributed by atoms with Crippen LogP contribution in [0.3, 0.4) is 0 Å². The molecule has 3 heteroatoms. The van der Waals surface area contributed by atoms with E-state index in [9.17, 15) is 4.79 Å². The number of ketones is 1. The zero-order valence-corrected chi connectivity index (χ0v) is 9.93. The molecule has 1 saturated carbocycles. The highest BCUT2D eigenvalue weighted by molar-refractivity contribution is 5.97. The molecule has 2 rings (SSSR count). The lowest BCUT2D eigenvalue weighted by atomic mass is 10.1. The number of carbonyl (C=O) groups is 1. The van der Waals surface area contributed by atoms with Crippen LogP contribution in [0.1, 0.15) is 29.6 Å². The summed E-state index contributed by atoms with van der Waals surface area (Å²) >= 11 is 0. The second-order valence-corrected chi connectivity index (χ2v) is 4.73. The summed E-state index contributed by atoms with van der Waals surface area (Å²) in [5.74, 6) is 0.553. The molecule has 1 aliphatic rings. The largest absolute Gasteiger partial charge is 0.396 e. The minimum Gasteiger partial charge on any atom is -0.396 e. The van der Waals surface area contributed by atoms with Gasteiger partial charge < -0.3 is 10.4 Å². The fourth-order valence-electron chi connectivity index (χ4n) is 2.39. The monoisotopic (exact) mass is 233 g/mol. The molecule has 0 aromatic heterocycles. The maximum atomic E-state index is 11.8. The molecule has 0 amide bonds. The first-order valence-electron chi connectivity index (χ1n) is 6.22. The highest BCUT2D eigenvalue weighted by atomic mass is 16.3. The zero-order valence-electron chi connectivity index (χ0n) is 9.93. The van der Waals surface area contributed by atoms with Crippen molar-refractivity contribution in [2.45, 2.75) is 25.3 Å². The van der Waals surface area contributed by atoms with E-state index in [2.05, 4.69) is 5.32 Å². The van der Waals surface area contributed by atoms with Gasteiger partial charge >= 0.3 is 0 Å². The predicted octanol–water partition coefficient (Wildman–Crippen LogP) is 1.62. The highest BCUT2D eigenvalue weighted by Gasteiger charge is 2.23. The first kappa shape index (κ1) is 12.3. The Morgan fingerprint density at radius 1 is 1.29 bits per heavy atom. The van der Waals surface area contributed by atoms with Crippen LogP contribution in [0.15, 0.2) is 30.3 Å². The molecule has 1 aromatic rings. The minimum absolute atomic E-state index is 0.137. The van der Waals surface area contributed by atoms with Gasteiger partial charge in [-0.1, -0.05) is 30.3 Å². The van der Waals surface area contributed by atoms with Crippen molar-refractivity contribution in [1.29, 1.82) is 0 Å². The molecule has 0 bridgehead atoms. The lowest BCUT2D eigenvalue weighted by Crippen LogP contribution is -2.32. The molecule has 0 heterocycles. The molecule has 0 aliphatic heterocycles. The molecule has 17 heavy (non-hydrogen) atoms. The number of rotatable bonds is 5. The minimum atomic E-state index is 0.137. The molecule has 0 saturated heterocycles. The average Bonchev–Trinajstić information content (AvgIpc) is 2.85. The number of aliphatic hydroxyl groups is 1. The van der Waals surface area contributed by atoms with Gasteiger partial charge in [-0.15, -0.1) is 0 Å². The van der Waals surface area contributed by atoms with E-state index in [1.54, 1.807) is 0 Å². The Morgan fingerprint density at radius 3 is 2.71 bits per heavy atom. The zero-order chi connectivity index (χ0) is 12.1. The number of Topliss-reactive ketones (excluding diaryl/α,β-unsaturated/α-hetero) is 1. The molecule has 1 aromatic carbocycles. The highest BCUT2D eigenvalue weighted by Crippen LogP contribution is 2.24. The summed E-state index contributed by atoms with van der Waals surface area (Å²) in [6, 6.07) is 9.74. The number of benzene rings is 1.